The van der Waals surface area contributed by atoms with Crippen molar-refractivity contribution in [1.82, 2.24) is 5.32 Å². The maximum Gasteiger partial charge on any atom is 0.307 e. The van der Waals surface area contributed by atoms with E-state index in [1.807, 2.05) is 56.3 Å². The van der Waals surface area contributed by atoms with Crippen molar-refractivity contribution in [1.29, 1.82) is 0 Å². The summed E-state index contributed by atoms with van der Waals surface area (Å²) in [5.41, 5.74) is 3.49. The van der Waals surface area contributed by atoms with Crippen LogP contribution < -0.4 is 5.32 Å². The number of nitrogens with one attached hydrogen (secondary N) is 1. The van der Waals surface area contributed by atoms with E-state index >= 15 is 0 Å². The molecule has 1 N–H and O–H groups in total. The van der Waals surface area contributed by atoms with E-state index in [4.69, 9.17) is 4.74 Å². The highest BCUT2D eigenvalue weighted by Gasteiger charge is 2.20. The van der Waals surface area contributed by atoms with Crippen LogP contribution in [0, 0.1) is 13.8 Å². The van der Waals surface area contributed by atoms with E-state index in [2.05, 4.69) is 5.32 Å². The normalized spacial score (nSPS) is 11.6. The first-order valence-corrected chi connectivity index (χ1v) is 7.51. The first-order chi connectivity index (χ1) is 11.0. The van der Waals surface area contributed by atoms with Gasteiger partial charge in [0.2, 0.25) is 0 Å². The van der Waals surface area contributed by atoms with Crippen molar-refractivity contribution in [2.45, 2.75) is 26.3 Å². The lowest BCUT2D eigenvalue weighted by atomic mass is 10.0. The fourth-order valence-electron chi connectivity index (χ4n) is 2.42. The fourth-order valence-corrected chi connectivity index (χ4v) is 2.42. The zero-order valence-corrected chi connectivity index (χ0v) is 13.6. The molecule has 0 aromatic heterocycles. The van der Waals surface area contributed by atoms with Gasteiger partial charge in [-0.15, -0.1) is 0 Å². The Hall–Kier alpha value is -2.62. The van der Waals surface area contributed by atoms with Crippen LogP contribution in [0.3, 0.4) is 0 Å². The lowest BCUT2D eigenvalue weighted by Gasteiger charge is -2.19. The van der Waals surface area contributed by atoms with Crippen molar-refractivity contribution < 1.29 is 14.3 Å². The van der Waals surface area contributed by atoms with Gasteiger partial charge in [-0.1, -0.05) is 42.5 Å². The van der Waals surface area contributed by atoms with Gasteiger partial charge in [0.1, 0.15) is 0 Å². The van der Waals surface area contributed by atoms with E-state index in [1.54, 1.807) is 6.07 Å². The van der Waals surface area contributed by atoms with Crippen LogP contribution in [0.15, 0.2) is 48.5 Å². The molecule has 2 rings (SSSR count). The van der Waals surface area contributed by atoms with Crippen LogP contribution in [-0.2, 0) is 9.53 Å². The van der Waals surface area contributed by atoms with Crippen LogP contribution in [-0.4, -0.2) is 19.0 Å². The van der Waals surface area contributed by atoms with Crippen LogP contribution >= 0.6 is 0 Å². The predicted octanol–water partition coefficient (Wildman–Crippen LogP) is 3.34. The van der Waals surface area contributed by atoms with E-state index in [9.17, 15) is 9.59 Å². The summed E-state index contributed by atoms with van der Waals surface area (Å²) >= 11 is 0. The molecule has 0 saturated heterocycles. The monoisotopic (exact) mass is 311 g/mol. The van der Waals surface area contributed by atoms with Gasteiger partial charge in [-0.2, -0.15) is 0 Å². The Morgan fingerprint density at radius 3 is 2.39 bits per heavy atom. The van der Waals surface area contributed by atoms with Crippen LogP contribution in [0.2, 0.25) is 0 Å². The average molecular weight is 311 g/mol. The van der Waals surface area contributed by atoms with E-state index in [-0.39, 0.29) is 18.3 Å². The third-order valence-electron chi connectivity index (χ3n) is 3.95. The molecule has 4 heteroatoms. The van der Waals surface area contributed by atoms with Crippen LogP contribution in [0.25, 0.3) is 0 Å². The minimum absolute atomic E-state index is 0.0944. The van der Waals surface area contributed by atoms with E-state index < -0.39 is 6.04 Å². The summed E-state index contributed by atoms with van der Waals surface area (Å²) in [6.07, 6.45) is 0.0944. The average Bonchev–Trinajstić information content (AvgIpc) is 2.57. The third kappa shape index (κ3) is 4.19. The summed E-state index contributed by atoms with van der Waals surface area (Å²) in [5, 5.41) is 2.94. The highest BCUT2D eigenvalue weighted by Crippen LogP contribution is 2.19. The number of carbonyl (C=O) groups excluding carboxylic acids is 2. The molecule has 2 aromatic rings. The number of esters is 1. The first kappa shape index (κ1) is 16.7. The second kappa shape index (κ2) is 7.58. The van der Waals surface area contributed by atoms with E-state index in [0.717, 1.165) is 16.7 Å². The molecule has 4 nitrogen and oxygen atoms in total. The molecule has 0 aliphatic rings. The summed E-state index contributed by atoms with van der Waals surface area (Å²) < 4.78 is 4.74. The van der Waals surface area contributed by atoms with Gasteiger partial charge in [-0.05, 0) is 36.6 Å². The summed E-state index contributed by atoms with van der Waals surface area (Å²) in [6, 6.07) is 14.6. The van der Waals surface area contributed by atoms with Gasteiger partial charge in [0.05, 0.1) is 19.6 Å². The number of aryl methyl sites for hydroxylation is 1. The van der Waals surface area contributed by atoms with Gasteiger partial charge >= 0.3 is 5.97 Å². The van der Waals surface area contributed by atoms with Crippen LogP contribution in [0.1, 0.15) is 39.5 Å². The molecule has 0 heterocycles. The summed E-state index contributed by atoms with van der Waals surface area (Å²) in [7, 11) is 1.34. The van der Waals surface area contributed by atoms with Gasteiger partial charge in [0.25, 0.3) is 5.91 Å². The topological polar surface area (TPSA) is 55.4 Å². The highest BCUT2D eigenvalue weighted by atomic mass is 16.5. The van der Waals surface area contributed by atoms with Gasteiger partial charge in [-0.25, -0.2) is 0 Å². The Labute approximate surface area is 136 Å². The highest BCUT2D eigenvalue weighted by molar-refractivity contribution is 5.96. The van der Waals surface area contributed by atoms with Crippen molar-refractivity contribution in [2.24, 2.45) is 0 Å². The molecule has 0 fully saturated rings. The molecule has 0 aliphatic carbocycles. The molecule has 120 valence electrons. The molecule has 0 radical (unpaired) electrons. The molecule has 0 aliphatic heterocycles. The number of amides is 1. The quantitative estimate of drug-likeness (QED) is 0.862. The third-order valence-corrected chi connectivity index (χ3v) is 3.95. The number of hydrogen-bond acceptors (Lipinski definition) is 3. The standard InChI is InChI=1S/C19H21NO3/c1-13-8-7-11-16(14(13)2)19(22)20-17(12-18(21)23-3)15-9-5-4-6-10-15/h4-11,17H,12H2,1-3H3,(H,20,22)/t17-/m0/s1. The number of benzene rings is 2. The molecule has 2 aromatic carbocycles. The molecule has 1 atom stereocenters. The first-order valence-electron chi connectivity index (χ1n) is 7.51. The molecule has 0 bridgehead atoms. The van der Waals surface area contributed by atoms with Crippen molar-refractivity contribution in [2.75, 3.05) is 7.11 Å². The van der Waals surface area contributed by atoms with Gasteiger partial charge in [-0.3, -0.25) is 9.59 Å². The van der Waals surface area contributed by atoms with Crippen molar-refractivity contribution in [3.8, 4) is 0 Å². The number of rotatable bonds is 5. The van der Waals surface area contributed by atoms with Crippen LogP contribution in [0.4, 0.5) is 0 Å². The molecular weight excluding hydrogens is 290 g/mol. The zero-order chi connectivity index (χ0) is 16.8. The van der Waals surface area contributed by atoms with Gasteiger partial charge in [0, 0.05) is 5.56 Å². The minimum Gasteiger partial charge on any atom is -0.469 e. The predicted molar refractivity (Wildman–Crippen MR) is 89.2 cm³/mol. The molecule has 0 saturated carbocycles. The Balaban J connectivity index is 2.25. The Bertz CT molecular complexity index is 695. The van der Waals surface area contributed by atoms with Gasteiger partial charge < -0.3 is 10.1 Å². The second-order valence-electron chi connectivity index (χ2n) is 5.46. The van der Waals surface area contributed by atoms with Crippen molar-refractivity contribution in [3.05, 3.63) is 70.8 Å². The zero-order valence-electron chi connectivity index (χ0n) is 13.6. The summed E-state index contributed by atoms with van der Waals surface area (Å²) in [6.45, 7) is 3.89. The van der Waals surface area contributed by atoms with Crippen molar-refractivity contribution in [3.63, 3.8) is 0 Å². The Morgan fingerprint density at radius 2 is 1.74 bits per heavy atom. The van der Waals surface area contributed by atoms with E-state index in [0.29, 0.717) is 5.56 Å². The number of hydrogen-bond donors (Lipinski definition) is 1. The number of carbonyl (C=O) groups is 2. The van der Waals surface area contributed by atoms with Crippen molar-refractivity contribution >= 4 is 11.9 Å². The van der Waals surface area contributed by atoms with Gasteiger partial charge in [0.15, 0.2) is 0 Å². The summed E-state index contributed by atoms with van der Waals surface area (Å²) in [5.74, 6) is -0.552. The molecular formula is C19H21NO3. The maximum atomic E-state index is 12.6. The smallest absolute Gasteiger partial charge is 0.307 e. The Kier molecular flexibility index (Phi) is 5.52. The molecule has 0 unspecified atom stereocenters. The number of ether oxygens (including phenoxy) is 1. The minimum atomic E-state index is -0.420. The van der Waals surface area contributed by atoms with E-state index in [1.165, 1.54) is 7.11 Å². The SMILES string of the molecule is COC(=O)C[C@H](NC(=O)c1cccc(C)c1C)c1ccccc1. The maximum absolute atomic E-state index is 12.6. The largest absolute Gasteiger partial charge is 0.469 e. The lowest BCUT2D eigenvalue weighted by Crippen LogP contribution is -2.31. The molecule has 23 heavy (non-hydrogen) atoms. The molecule has 1 amide bonds. The summed E-state index contributed by atoms with van der Waals surface area (Å²) in [4.78, 5) is 24.3. The second-order valence-corrected chi connectivity index (χ2v) is 5.46. The lowest BCUT2D eigenvalue weighted by molar-refractivity contribution is -0.141. The van der Waals surface area contributed by atoms with Crippen LogP contribution in [0.5, 0.6) is 0 Å². The Morgan fingerprint density at radius 1 is 1.04 bits per heavy atom. The fraction of sp³-hybridized carbons (Fsp3) is 0.263. The number of methoxy groups -OCH3 is 1. The molecule has 0 spiro atoms.